The van der Waals surface area contributed by atoms with Gasteiger partial charge in [0.1, 0.15) is 11.5 Å². The maximum Gasteiger partial charge on any atom is 0.134 e. The van der Waals surface area contributed by atoms with E-state index in [0.717, 1.165) is 24.3 Å². The average Bonchev–Trinajstić information content (AvgIpc) is 2.45. The van der Waals surface area contributed by atoms with Crippen LogP contribution >= 0.6 is 0 Å². The molecule has 0 aromatic carbocycles. The highest BCUT2D eigenvalue weighted by atomic mass is 16.5. The van der Waals surface area contributed by atoms with Gasteiger partial charge in [-0.3, -0.25) is 0 Å². The fraction of sp³-hybridized carbons (Fsp3) is 0.571. The molecule has 3 heteroatoms. The Morgan fingerprint density at radius 2 is 2.40 bits per heavy atom. The first-order valence-electron chi connectivity index (χ1n) is 3.43. The van der Waals surface area contributed by atoms with E-state index < -0.39 is 0 Å². The molecule has 0 amide bonds. The molecule has 1 aliphatic rings. The van der Waals surface area contributed by atoms with Crippen molar-refractivity contribution in [3.63, 3.8) is 0 Å². The van der Waals surface area contributed by atoms with E-state index in [4.69, 9.17) is 10.3 Å². The Morgan fingerprint density at radius 3 is 2.80 bits per heavy atom. The van der Waals surface area contributed by atoms with Gasteiger partial charge in [-0.15, -0.1) is 0 Å². The molecule has 10 heavy (non-hydrogen) atoms. The van der Waals surface area contributed by atoms with E-state index in [9.17, 15) is 0 Å². The monoisotopic (exact) mass is 138 g/mol. The second-order valence-electron chi connectivity index (χ2n) is 2.98. The zero-order valence-electron chi connectivity index (χ0n) is 5.92. The van der Waals surface area contributed by atoms with Crippen LogP contribution in [0.25, 0.3) is 0 Å². The van der Waals surface area contributed by atoms with Crippen LogP contribution in [-0.4, -0.2) is 5.16 Å². The molecule has 0 spiro atoms. The number of aryl methyl sites for hydroxylation is 1. The van der Waals surface area contributed by atoms with E-state index >= 15 is 0 Å². The minimum atomic E-state index is -0.141. The summed E-state index contributed by atoms with van der Waals surface area (Å²) in [5.74, 6) is 0.840. The predicted octanol–water partition coefficient (Wildman–Crippen LogP) is 0.931. The molecule has 2 N–H and O–H groups in total. The minimum Gasteiger partial charge on any atom is -0.361 e. The number of hydrogen-bond acceptors (Lipinski definition) is 3. The zero-order chi connectivity index (χ0) is 7.19. The molecule has 0 saturated heterocycles. The maximum absolute atomic E-state index is 5.86. The third-order valence-electron chi connectivity index (χ3n) is 1.93. The average molecular weight is 138 g/mol. The third-order valence-corrected chi connectivity index (χ3v) is 1.93. The number of hydrogen-bond donors (Lipinski definition) is 1. The summed E-state index contributed by atoms with van der Waals surface area (Å²) in [6.07, 6.45) is 2.08. The Labute approximate surface area is 59.2 Å². The van der Waals surface area contributed by atoms with Crippen LogP contribution < -0.4 is 5.73 Å². The van der Waals surface area contributed by atoms with E-state index in [1.807, 2.05) is 13.0 Å². The first-order chi connectivity index (χ1) is 4.71. The van der Waals surface area contributed by atoms with E-state index in [1.165, 1.54) is 0 Å². The van der Waals surface area contributed by atoms with Crippen molar-refractivity contribution < 1.29 is 4.52 Å². The van der Waals surface area contributed by atoms with Crippen molar-refractivity contribution in [3.05, 3.63) is 17.5 Å². The van der Waals surface area contributed by atoms with Crippen LogP contribution in [0.4, 0.5) is 0 Å². The van der Waals surface area contributed by atoms with E-state index in [1.54, 1.807) is 0 Å². The summed E-state index contributed by atoms with van der Waals surface area (Å²) in [6, 6.07) is 1.91. The first kappa shape index (κ1) is 5.92. The van der Waals surface area contributed by atoms with Gasteiger partial charge in [0.15, 0.2) is 0 Å². The van der Waals surface area contributed by atoms with Crippen LogP contribution in [0.1, 0.15) is 24.3 Å². The number of nitrogens with two attached hydrogens (primary N) is 1. The molecule has 2 rings (SSSR count). The van der Waals surface area contributed by atoms with Gasteiger partial charge in [0.05, 0.1) is 5.54 Å². The van der Waals surface area contributed by atoms with Gasteiger partial charge < -0.3 is 10.3 Å². The lowest BCUT2D eigenvalue weighted by atomic mass is 10.2. The minimum absolute atomic E-state index is 0.141. The van der Waals surface area contributed by atoms with Gasteiger partial charge in [-0.05, 0) is 19.8 Å². The molecule has 0 radical (unpaired) electrons. The van der Waals surface area contributed by atoms with E-state index in [2.05, 4.69) is 5.16 Å². The van der Waals surface area contributed by atoms with E-state index in [0.29, 0.717) is 0 Å². The number of rotatable bonds is 1. The largest absolute Gasteiger partial charge is 0.361 e. The van der Waals surface area contributed by atoms with Crippen LogP contribution in [0, 0.1) is 6.92 Å². The summed E-state index contributed by atoms with van der Waals surface area (Å²) in [5, 5.41) is 3.85. The maximum atomic E-state index is 5.86. The second-order valence-corrected chi connectivity index (χ2v) is 2.98. The SMILES string of the molecule is Cc1cc(C2(N)CC2)no1. The molecule has 0 atom stereocenters. The lowest BCUT2D eigenvalue weighted by Gasteiger charge is -1.99. The molecule has 0 bridgehead atoms. The van der Waals surface area contributed by atoms with Gasteiger partial charge in [-0.2, -0.15) is 0 Å². The smallest absolute Gasteiger partial charge is 0.134 e. The summed E-state index contributed by atoms with van der Waals surface area (Å²) in [5.41, 5.74) is 6.62. The quantitative estimate of drug-likeness (QED) is 0.628. The lowest BCUT2D eigenvalue weighted by Crippen LogP contribution is -2.18. The summed E-state index contributed by atoms with van der Waals surface area (Å²) < 4.78 is 4.90. The molecule has 54 valence electrons. The molecular formula is C7H10N2O. The lowest BCUT2D eigenvalue weighted by molar-refractivity contribution is 0.384. The van der Waals surface area contributed by atoms with Crippen LogP contribution in [0.15, 0.2) is 10.6 Å². The van der Waals surface area contributed by atoms with Crippen molar-refractivity contribution >= 4 is 0 Å². The first-order valence-corrected chi connectivity index (χ1v) is 3.43. The second kappa shape index (κ2) is 1.61. The summed E-state index contributed by atoms with van der Waals surface area (Å²) in [7, 11) is 0. The molecule has 1 aromatic rings. The van der Waals surface area contributed by atoms with Crippen molar-refractivity contribution in [2.75, 3.05) is 0 Å². The van der Waals surface area contributed by atoms with Crippen molar-refractivity contribution in [3.8, 4) is 0 Å². The van der Waals surface area contributed by atoms with Gasteiger partial charge in [0.25, 0.3) is 0 Å². The molecule has 1 heterocycles. The Hall–Kier alpha value is -0.830. The Balaban J connectivity index is 2.34. The molecule has 0 aliphatic heterocycles. The zero-order valence-corrected chi connectivity index (χ0v) is 5.92. The van der Waals surface area contributed by atoms with Crippen LogP contribution in [0.2, 0.25) is 0 Å². The molecule has 0 unspecified atom stereocenters. The van der Waals surface area contributed by atoms with Gasteiger partial charge >= 0.3 is 0 Å². The van der Waals surface area contributed by atoms with Crippen LogP contribution in [0.3, 0.4) is 0 Å². The highest BCUT2D eigenvalue weighted by Gasteiger charge is 2.42. The van der Waals surface area contributed by atoms with Crippen molar-refractivity contribution in [1.82, 2.24) is 5.16 Å². The highest BCUT2D eigenvalue weighted by Crippen LogP contribution is 2.41. The predicted molar refractivity (Wildman–Crippen MR) is 36.3 cm³/mol. The van der Waals surface area contributed by atoms with Gasteiger partial charge in [0.2, 0.25) is 0 Å². The Bertz CT molecular complexity index is 250. The number of aromatic nitrogens is 1. The number of nitrogens with zero attached hydrogens (tertiary/aromatic N) is 1. The molecule has 1 fully saturated rings. The van der Waals surface area contributed by atoms with Crippen LogP contribution in [0.5, 0.6) is 0 Å². The molecule has 3 nitrogen and oxygen atoms in total. The standard InChI is InChI=1S/C7H10N2O/c1-5-4-6(9-10-5)7(8)2-3-7/h4H,2-3,8H2,1H3. The van der Waals surface area contributed by atoms with E-state index in [-0.39, 0.29) is 5.54 Å². The van der Waals surface area contributed by atoms with Crippen molar-refractivity contribution in [2.24, 2.45) is 5.73 Å². The van der Waals surface area contributed by atoms with Gasteiger partial charge in [0, 0.05) is 6.07 Å². The molecule has 1 saturated carbocycles. The van der Waals surface area contributed by atoms with Gasteiger partial charge in [-0.25, -0.2) is 0 Å². The topological polar surface area (TPSA) is 52.0 Å². The van der Waals surface area contributed by atoms with Crippen LogP contribution in [-0.2, 0) is 5.54 Å². The molecule has 1 aromatic heterocycles. The van der Waals surface area contributed by atoms with Crippen molar-refractivity contribution in [1.29, 1.82) is 0 Å². The van der Waals surface area contributed by atoms with Crippen molar-refractivity contribution in [2.45, 2.75) is 25.3 Å². The summed E-state index contributed by atoms with van der Waals surface area (Å²) in [4.78, 5) is 0. The van der Waals surface area contributed by atoms with Gasteiger partial charge in [-0.1, -0.05) is 5.16 Å². The molecule has 1 aliphatic carbocycles. The fourth-order valence-electron chi connectivity index (χ4n) is 0.992. The fourth-order valence-corrected chi connectivity index (χ4v) is 0.992. The third kappa shape index (κ3) is 0.743. The summed E-state index contributed by atoms with van der Waals surface area (Å²) >= 11 is 0. The Morgan fingerprint density at radius 1 is 1.70 bits per heavy atom. The highest BCUT2D eigenvalue weighted by molar-refractivity contribution is 5.21. The Kier molecular flexibility index (Phi) is 0.951. The normalized spacial score (nSPS) is 21.0. The molecular weight excluding hydrogens is 128 g/mol. The summed E-state index contributed by atoms with van der Waals surface area (Å²) in [6.45, 7) is 1.88.